The van der Waals surface area contributed by atoms with Crippen molar-refractivity contribution in [1.82, 2.24) is 5.32 Å². The van der Waals surface area contributed by atoms with Crippen LogP contribution in [0.1, 0.15) is 25.5 Å². The number of nitrogens with one attached hydrogen (secondary N) is 2. The molecule has 0 spiro atoms. The maximum Gasteiger partial charge on any atom is 0.196 e. The molecule has 2 heterocycles. The van der Waals surface area contributed by atoms with Crippen molar-refractivity contribution in [3.05, 3.63) is 34.4 Å². The number of hydrogen-bond acceptors (Lipinski definition) is 5. The van der Waals surface area contributed by atoms with Gasteiger partial charge in [0, 0.05) is 12.6 Å². The van der Waals surface area contributed by atoms with Crippen molar-refractivity contribution in [1.29, 1.82) is 0 Å². The van der Waals surface area contributed by atoms with Crippen LogP contribution in [-0.2, 0) is 0 Å². The third kappa shape index (κ3) is 2.82. The number of phenolic OH excluding ortho intramolecular Hbond substituents is 1. The first-order valence-electron chi connectivity index (χ1n) is 7.74. The van der Waals surface area contributed by atoms with Crippen molar-refractivity contribution in [3.8, 4) is 5.75 Å². The number of anilines is 1. The van der Waals surface area contributed by atoms with Gasteiger partial charge in [-0.2, -0.15) is 0 Å². The molecule has 0 bridgehead atoms. The molecule has 0 saturated heterocycles. The van der Waals surface area contributed by atoms with E-state index in [-0.39, 0.29) is 22.1 Å². The van der Waals surface area contributed by atoms with E-state index >= 15 is 0 Å². The van der Waals surface area contributed by atoms with Gasteiger partial charge in [-0.25, -0.2) is 0 Å². The predicted molar refractivity (Wildman–Crippen MR) is 97.8 cm³/mol. The van der Waals surface area contributed by atoms with Gasteiger partial charge in [-0.15, -0.1) is 0 Å². The van der Waals surface area contributed by atoms with Crippen molar-refractivity contribution in [3.63, 3.8) is 0 Å². The minimum absolute atomic E-state index is 0.105. The number of rotatable bonds is 4. The van der Waals surface area contributed by atoms with Gasteiger partial charge in [0.2, 0.25) is 0 Å². The monoisotopic (exact) mass is 346 g/mol. The lowest BCUT2D eigenvalue weighted by atomic mass is 10.1. The average Bonchev–Trinajstić information content (AvgIpc) is 3.00. The van der Waals surface area contributed by atoms with Crippen LogP contribution in [0.2, 0.25) is 0 Å². The smallest absolute Gasteiger partial charge is 0.196 e. The zero-order valence-electron chi connectivity index (χ0n) is 13.4. The van der Waals surface area contributed by atoms with Crippen molar-refractivity contribution in [2.24, 2.45) is 0 Å². The third-order valence-electron chi connectivity index (χ3n) is 3.74. The summed E-state index contributed by atoms with van der Waals surface area (Å²) in [5.41, 5.74) is 0.716. The lowest BCUT2D eigenvalue weighted by molar-refractivity contribution is 0.484. The van der Waals surface area contributed by atoms with Crippen LogP contribution in [0.4, 0.5) is 5.69 Å². The van der Waals surface area contributed by atoms with Crippen molar-refractivity contribution < 1.29 is 13.9 Å². The van der Waals surface area contributed by atoms with Gasteiger partial charge in [0.05, 0.1) is 11.6 Å². The summed E-state index contributed by atoms with van der Waals surface area (Å²) in [5, 5.41) is 17.5. The van der Waals surface area contributed by atoms with Crippen LogP contribution >= 0.6 is 12.2 Å². The molecule has 0 fully saturated rings. The highest BCUT2D eigenvalue weighted by Crippen LogP contribution is 2.40. The number of aromatic hydroxyl groups is 1. The van der Waals surface area contributed by atoms with Gasteiger partial charge in [-0.3, -0.25) is 4.79 Å². The van der Waals surface area contributed by atoms with Gasteiger partial charge in [-0.1, -0.05) is 13.3 Å². The highest BCUT2D eigenvalue weighted by atomic mass is 32.1. The number of benzene rings is 1. The van der Waals surface area contributed by atoms with Crippen LogP contribution in [-0.4, -0.2) is 16.8 Å². The Morgan fingerprint density at radius 3 is 2.92 bits per heavy atom. The van der Waals surface area contributed by atoms with Gasteiger partial charge in [0.25, 0.3) is 0 Å². The topological polar surface area (TPSA) is 87.6 Å². The van der Waals surface area contributed by atoms with E-state index in [4.69, 9.17) is 21.1 Å². The molecule has 7 heteroatoms. The zero-order chi connectivity index (χ0) is 17.3. The molecule has 3 N–H and O–H groups in total. The lowest BCUT2D eigenvalue weighted by Gasteiger charge is -2.13. The molecule has 0 aliphatic carbocycles. The summed E-state index contributed by atoms with van der Waals surface area (Å²) in [6.07, 6.45) is 3.48. The Bertz CT molecular complexity index is 974. The van der Waals surface area contributed by atoms with Gasteiger partial charge in [-0.05, 0) is 31.6 Å². The second kappa shape index (κ2) is 6.52. The molecule has 0 unspecified atom stereocenters. The maximum absolute atomic E-state index is 12.3. The van der Waals surface area contributed by atoms with Gasteiger partial charge < -0.3 is 24.6 Å². The minimum Gasteiger partial charge on any atom is -0.506 e. The first kappa shape index (κ1) is 16.3. The maximum atomic E-state index is 12.3. The molecule has 3 aromatic rings. The molecule has 6 nitrogen and oxygen atoms in total. The Morgan fingerprint density at radius 1 is 1.38 bits per heavy atom. The van der Waals surface area contributed by atoms with Crippen LogP contribution in [0.3, 0.4) is 0 Å². The number of fused-ring (bicyclic) bond motifs is 2. The second-order valence-corrected chi connectivity index (χ2v) is 5.96. The normalized spacial score (nSPS) is 11.1. The second-order valence-electron chi connectivity index (χ2n) is 5.55. The van der Waals surface area contributed by atoms with E-state index in [9.17, 15) is 9.90 Å². The summed E-state index contributed by atoms with van der Waals surface area (Å²) in [4.78, 5) is 12.3. The number of unbranched alkanes of at least 4 members (excludes halogenated alkanes) is 1. The molecule has 24 heavy (non-hydrogen) atoms. The molecular weight excluding hydrogens is 328 g/mol. The summed E-state index contributed by atoms with van der Waals surface area (Å²) in [7, 11) is 0. The highest BCUT2D eigenvalue weighted by molar-refractivity contribution is 7.80. The highest BCUT2D eigenvalue weighted by Gasteiger charge is 2.21. The van der Waals surface area contributed by atoms with Crippen molar-refractivity contribution >= 4 is 45.0 Å². The molecule has 0 aliphatic rings. The number of thiocarbonyl (C=S) groups is 1. The molecule has 0 amide bonds. The number of furan rings is 1. The van der Waals surface area contributed by atoms with Crippen molar-refractivity contribution in [2.75, 3.05) is 11.9 Å². The first-order valence-corrected chi connectivity index (χ1v) is 8.15. The van der Waals surface area contributed by atoms with Crippen LogP contribution in [0, 0.1) is 6.92 Å². The fourth-order valence-corrected chi connectivity index (χ4v) is 2.79. The molecule has 3 rings (SSSR count). The summed E-state index contributed by atoms with van der Waals surface area (Å²) in [5.74, 6) is 0.281. The summed E-state index contributed by atoms with van der Waals surface area (Å²) in [6, 6.07) is 2.94. The van der Waals surface area contributed by atoms with E-state index in [0.717, 1.165) is 19.4 Å². The zero-order valence-corrected chi connectivity index (χ0v) is 14.3. The Hall–Kier alpha value is -2.54. The summed E-state index contributed by atoms with van der Waals surface area (Å²) >= 11 is 5.30. The first-order chi connectivity index (χ1) is 11.5. The standard InChI is InChI=1S/C17H18N2O4S/c1-3-4-6-18-17(24)19-13-15-10(5-7-22-15)14(21)12-11(20)8-9(2)23-16(12)13/h5,7-8,21H,3-4,6H2,1-2H3,(H2,18,19,24). The van der Waals surface area contributed by atoms with E-state index in [1.54, 1.807) is 13.0 Å². The van der Waals surface area contributed by atoms with E-state index in [1.807, 2.05) is 0 Å². The van der Waals surface area contributed by atoms with E-state index in [1.165, 1.54) is 12.3 Å². The quantitative estimate of drug-likeness (QED) is 0.378. The van der Waals surface area contributed by atoms with Gasteiger partial charge >= 0.3 is 0 Å². The van der Waals surface area contributed by atoms with Gasteiger partial charge in [0.15, 0.2) is 21.7 Å². The number of aryl methyl sites for hydroxylation is 1. The third-order valence-corrected chi connectivity index (χ3v) is 3.98. The molecule has 2 aromatic heterocycles. The van der Waals surface area contributed by atoms with Gasteiger partial charge in [0.1, 0.15) is 22.6 Å². The molecule has 0 aliphatic heterocycles. The molecule has 0 radical (unpaired) electrons. The Balaban J connectivity index is 2.17. The Kier molecular flexibility index (Phi) is 4.44. The van der Waals surface area contributed by atoms with Crippen LogP contribution < -0.4 is 16.1 Å². The van der Waals surface area contributed by atoms with E-state index in [2.05, 4.69) is 17.6 Å². The predicted octanol–water partition coefficient (Wildman–Crippen LogP) is 3.64. The molecule has 0 atom stereocenters. The van der Waals surface area contributed by atoms with Crippen LogP contribution in [0.15, 0.2) is 32.0 Å². The average molecular weight is 346 g/mol. The van der Waals surface area contributed by atoms with Crippen LogP contribution in [0.5, 0.6) is 5.75 Å². The number of hydrogen-bond donors (Lipinski definition) is 3. The van der Waals surface area contributed by atoms with Crippen molar-refractivity contribution in [2.45, 2.75) is 26.7 Å². The molecular formula is C17H18N2O4S. The minimum atomic E-state index is -0.317. The van der Waals surface area contributed by atoms with Crippen LogP contribution in [0.25, 0.3) is 21.9 Å². The van der Waals surface area contributed by atoms with E-state index < -0.39 is 0 Å². The fraction of sp³-hybridized carbons (Fsp3) is 0.294. The largest absolute Gasteiger partial charge is 0.506 e. The molecule has 126 valence electrons. The Morgan fingerprint density at radius 2 is 2.17 bits per heavy atom. The summed E-state index contributed by atoms with van der Waals surface area (Å²) < 4.78 is 11.2. The van der Waals surface area contributed by atoms with E-state index in [0.29, 0.717) is 27.5 Å². The molecule has 0 saturated carbocycles. The molecule has 1 aromatic carbocycles. The summed E-state index contributed by atoms with van der Waals surface area (Å²) in [6.45, 7) is 4.50. The lowest BCUT2D eigenvalue weighted by Crippen LogP contribution is -2.29. The Labute approximate surface area is 143 Å². The number of phenols is 1. The fourth-order valence-electron chi connectivity index (χ4n) is 2.59. The SMILES string of the molecule is CCCCNC(=S)Nc1c2occc2c(O)c2c(=O)cc(C)oc12.